The van der Waals surface area contributed by atoms with Gasteiger partial charge in [0.2, 0.25) is 0 Å². The number of aromatic nitrogens is 2. The van der Waals surface area contributed by atoms with Crippen molar-refractivity contribution in [2.45, 2.75) is 19.3 Å². The molecule has 1 aliphatic heterocycles. The third-order valence-electron chi connectivity index (χ3n) is 2.77. The summed E-state index contributed by atoms with van der Waals surface area (Å²) in [6.07, 6.45) is 5.41. The lowest BCUT2D eigenvalue weighted by molar-refractivity contribution is 0.364. The molecule has 72 valence electrons. The molecule has 13 heavy (non-hydrogen) atoms. The molecule has 2 rings (SSSR count). The molecule has 2 heterocycles. The Bertz CT molecular complexity index is 279. The molecule has 1 N–H and O–H groups in total. The molecule has 0 radical (unpaired) electrons. The Hall–Kier alpha value is -0.830. The molecule has 0 aliphatic carbocycles. The summed E-state index contributed by atoms with van der Waals surface area (Å²) in [4.78, 5) is 0. The number of hydrogen-bond acceptors (Lipinski definition) is 2. The minimum atomic E-state index is 0.664. The predicted molar refractivity (Wildman–Crippen MR) is 52.6 cm³/mol. The van der Waals surface area contributed by atoms with E-state index in [0.717, 1.165) is 19.0 Å². The van der Waals surface area contributed by atoms with Gasteiger partial charge in [-0.05, 0) is 30.4 Å². The second-order valence-corrected chi connectivity index (χ2v) is 4.14. The van der Waals surface area contributed by atoms with E-state index in [4.69, 9.17) is 0 Å². The van der Waals surface area contributed by atoms with Crippen LogP contribution in [0.5, 0.6) is 0 Å². The molecule has 1 fully saturated rings. The highest BCUT2D eigenvalue weighted by atomic mass is 15.2. The van der Waals surface area contributed by atoms with E-state index in [1.54, 1.807) is 0 Å². The molecule has 3 nitrogen and oxygen atoms in total. The normalized spacial score (nSPS) is 29.1. The molecule has 0 bridgehead atoms. The van der Waals surface area contributed by atoms with Gasteiger partial charge in [0.25, 0.3) is 0 Å². The van der Waals surface area contributed by atoms with Crippen molar-refractivity contribution in [1.82, 2.24) is 15.1 Å². The second kappa shape index (κ2) is 3.50. The molecule has 1 saturated heterocycles. The summed E-state index contributed by atoms with van der Waals surface area (Å²) in [5, 5.41) is 7.66. The average Bonchev–Trinajstić information content (AvgIpc) is 2.52. The highest BCUT2D eigenvalue weighted by Crippen LogP contribution is 2.25. The third kappa shape index (κ3) is 1.91. The fraction of sp³-hybridized carbons (Fsp3) is 0.700. The SMILES string of the molecule is CC1CNCC(c2cnn(C)c2)C1. The molecule has 1 aromatic heterocycles. The smallest absolute Gasteiger partial charge is 0.0524 e. The molecular formula is C10H17N3. The number of nitrogens with one attached hydrogen (secondary N) is 1. The van der Waals surface area contributed by atoms with Crippen LogP contribution >= 0.6 is 0 Å². The van der Waals surface area contributed by atoms with Gasteiger partial charge in [0, 0.05) is 19.8 Å². The Labute approximate surface area is 79.1 Å². The zero-order valence-corrected chi connectivity index (χ0v) is 8.33. The van der Waals surface area contributed by atoms with E-state index in [1.807, 2.05) is 17.9 Å². The van der Waals surface area contributed by atoms with Crippen LogP contribution in [-0.4, -0.2) is 22.9 Å². The van der Waals surface area contributed by atoms with Gasteiger partial charge < -0.3 is 5.32 Å². The largest absolute Gasteiger partial charge is 0.316 e. The summed E-state index contributed by atoms with van der Waals surface area (Å²) in [6, 6.07) is 0. The van der Waals surface area contributed by atoms with E-state index in [2.05, 4.69) is 23.5 Å². The lowest BCUT2D eigenvalue weighted by Gasteiger charge is -2.26. The van der Waals surface area contributed by atoms with Crippen molar-refractivity contribution in [3.63, 3.8) is 0 Å². The lowest BCUT2D eigenvalue weighted by Crippen LogP contribution is -2.33. The van der Waals surface area contributed by atoms with Crippen LogP contribution in [0.2, 0.25) is 0 Å². The Morgan fingerprint density at radius 3 is 3.00 bits per heavy atom. The number of piperidine rings is 1. The summed E-state index contributed by atoms with van der Waals surface area (Å²) in [7, 11) is 1.98. The standard InChI is InChI=1S/C10H17N3/c1-8-3-9(5-11-4-8)10-6-12-13(2)7-10/h6-9,11H,3-5H2,1-2H3. The van der Waals surface area contributed by atoms with Gasteiger partial charge in [0.05, 0.1) is 6.20 Å². The van der Waals surface area contributed by atoms with E-state index >= 15 is 0 Å². The van der Waals surface area contributed by atoms with Crippen molar-refractivity contribution >= 4 is 0 Å². The molecular weight excluding hydrogens is 162 g/mol. The Kier molecular flexibility index (Phi) is 2.36. The minimum Gasteiger partial charge on any atom is -0.316 e. The van der Waals surface area contributed by atoms with E-state index in [9.17, 15) is 0 Å². The summed E-state index contributed by atoms with van der Waals surface area (Å²) in [5.74, 6) is 1.46. The summed E-state index contributed by atoms with van der Waals surface area (Å²) >= 11 is 0. The maximum Gasteiger partial charge on any atom is 0.0524 e. The van der Waals surface area contributed by atoms with Gasteiger partial charge in [-0.3, -0.25) is 4.68 Å². The predicted octanol–water partition coefficient (Wildman–Crippen LogP) is 1.13. The van der Waals surface area contributed by atoms with Crippen LogP contribution in [0.3, 0.4) is 0 Å². The maximum atomic E-state index is 4.21. The summed E-state index contributed by atoms with van der Waals surface area (Å²) in [5.41, 5.74) is 1.38. The molecule has 0 amide bonds. The van der Waals surface area contributed by atoms with Crippen LogP contribution in [0.1, 0.15) is 24.8 Å². The highest BCUT2D eigenvalue weighted by Gasteiger charge is 2.20. The van der Waals surface area contributed by atoms with Gasteiger partial charge >= 0.3 is 0 Å². The monoisotopic (exact) mass is 179 g/mol. The van der Waals surface area contributed by atoms with E-state index in [1.165, 1.54) is 12.0 Å². The molecule has 0 saturated carbocycles. The van der Waals surface area contributed by atoms with Crippen LogP contribution in [0.25, 0.3) is 0 Å². The lowest BCUT2D eigenvalue weighted by atomic mass is 9.88. The quantitative estimate of drug-likeness (QED) is 0.700. The summed E-state index contributed by atoms with van der Waals surface area (Å²) in [6.45, 7) is 4.57. The van der Waals surface area contributed by atoms with Gasteiger partial charge in [-0.1, -0.05) is 6.92 Å². The van der Waals surface area contributed by atoms with Gasteiger partial charge in [0.1, 0.15) is 0 Å². The Morgan fingerprint density at radius 1 is 1.54 bits per heavy atom. The zero-order chi connectivity index (χ0) is 9.26. The zero-order valence-electron chi connectivity index (χ0n) is 8.33. The average molecular weight is 179 g/mol. The van der Waals surface area contributed by atoms with Gasteiger partial charge in [-0.25, -0.2) is 0 Å². The summed E-state index contributed by atoms with van der Waals surface area (Å²) < 4.78 is 1.88. The number of aryl methyl sites for hydroxylation is 1. The van der Waals surface area contributed by atoms with Crippen LogP contribution in [-0.2, 0) is 7.05 Å². The van der Waals surface area contributed by atoms with Gasteiger partial charge in [-0.15, -0.1) is 0 Å². The fourth-order valence-corrected chi connectivity index (χ4v) is 2.06. The minimum absolute atomic E-state index is 0.664. The Balaban J connectivity index is 2.08. The molecule has 3 heteroatoms. The second-order valence-electron chi connectivity index (χ2n) is 4.14. The number of nitrogens with zero attached hydrogens (tertiary/aromatic N) is 2. The molecule has 1 aliphatic rings. The van der Waals surface area contributed by atoms with E-state index in [-0.39, 0.29) is 0 Å². The number of rotatable bonds is 1. The first-order chi connectivity index (χ1) is 6.25. The first-order valence-electron chi connectivity index (χ1n) is 4.95. The van der Waals surface area contributed by atoms with Crippen molar-refractivity contribution in [1.29, 1.82) is 0 Å². The van der Waals surface area contributed by atoms with Crippen molar-refractivity contribution < 1.29 is 0 Å². The van der Waals surface area contributed by atoms with Crippen LogP contribution in [0.15, 0.2) is 12.4 Å². The molecule has 1 aromatic rings. The van der Waals surface area contributed by atoms with E-state index in [0.29, 0.717) is 5.92 Å². The van der Waals surface area contributed by atoms with Crippen molar-refractivity contribution in [2.75, 3.05) is 13.1 Å². The fourth-order valence-electron chi connectivity index (χ4n) is 2.06. The topological polar surface area (TPSA) is 29.9 Å². The van der Waals surface area contributed by atoms with E-state index < -0.39 is 0 Å². The molecule has 0 aromatic carbocycles. The highest BCUT2D eigenvalue weighted by molar-refractivity contribution is 5.12. The van der Waals surface area contributed by atoms with Crippen LogP contribution < -0.4 is 5.32 Å². The molecule has 2 atom stereocenters. The Morgan fingerprint density at radius 2 is 2.38 bits per heavy atom. The third-order valence-corrected chi connectivity index (χ3v) is 2.77. The van der Waals surface area contributed by atoms with Gasteiger partial charge in [0.15, 0.2) is 0 Å². The van der Waals surface area contributed by atoms with Gasteiger partial charge in [-0.2, -0.15) is 5.10 Å². The van der Waals surface area contributed by atoms with Crippen LogP contribution in [0, 0.1) is 5.92 Å². The first kappa shape index (κ1) is 8.75. The number of hydrogen-bond donors (Lipinski definition) is 1. The van der Waals surface area contributed by atoms with Crippen molar-refractivity contribution in [2.24, 2.45) is 13.0 Å². The molecule has 0 spiro atoms. The maximum absolute atomic E-state index is 4.21. The first-order valence-corrected chi connectivity index (χ1v) is 4.95. The van der Waals surface area contributed by atoms with Crippen LogP contribution in [0.4, 0.5) is 0 Å². The van der Waals surface area contributed by atoms with Crippen molar-refractivity contribution in [3.05, 3.63) is 18.0 Å². The van der Waals surface area contributed by atoms with Crippen molar-refractivity contribution in [3.8, 4) is 0 Å². The molecule has 2 unspecified atom stereocenters.